The number of aromatic amines is 1. The predicted molar refractivity (Wildman–Crippen MR) is 60.3 cm³/mol. The van der Waals surface area contributed by atoms with Crippen LogP contribution < -0.4 is 0 Å². The highest BCUT2D eigenvalue weighted by molar-refractivity contribution is 5.86. The maximum atomic E-state index is 14.0. The summed E-state index contributed by atoms with van der Waals surface area (Å²) >= 11 is 0. The number of benzene rings is 1. The van der Waals surface area contributed by atoms with Crippen LogP contribution in [-0.2, 0) is 6.42 Å². The number of rotatable bonds is 3. The summed E-state index contributed by atoms with van der Waals surface area (Å²) in [4.78, 5) is 10.7. The van der Waals surface area contributed by atoms with Crippen LogP contribution in [0.3, 0.4) is 0 Å². The Morgan fingerprint density at radius 1 is 1.44 bits per heavy atom. The second-order valence-corrected chi connectivity index (χ2v) is 3.72. The van der Waals surface area contributed by atoms with Gasteiger partial charge in [0, 0.05) is 0 Å². The first-order valence-electron chi connectivity index (χ1n) is 5.30. The van der Waals surface area contributed by atoms with Crippen molar-refractivity contribution in [1.82, 2.24) is 10.2 Å². The summed E-state index contributed by atoms with van der Waals surface area (Å²) in [6, 6.07) is 3.61. The first-order valence-corrected chi connectivity index (χ1v) is 5.30. The molecule has 0 aliphatic carbocycles. The molecule has 4 nitrogen and oxygen atoms in total. The van der Waals surface area contributed by atoms with Gasteiger partial charge in [0.2, 0.25) is 0 Å². The highest BCUT2D eigenvalue weighted by Crippen LogP contribution is 2.27. The maximum absolute atomic E-state index is 14.0. The van der Waals surface area contributed by atoms with E-state index in [1.165, 1.54) is 6.07 Å². The van der Waals surface area contributed by atoms with Gasteiger partial charge in [-0.25, -0.2) is 13.6 Å². The molecule has 0 bridgehead atoms. The van der Waals surface area contributed by atoms with Crippen LogP contribution >= 0.6 is 0 Å². The molecule has 0 radical (unpaired) electrons. The van der Waals surface area contributed by atoms with Crippen molar-refractivity contribution in [1.29, 1.82) is 0 Å². The van der Waals surface area contributed by atoms with Crippen LogP contribution in [-0.4, -0.2) is 21.3 Å². The molecule has 2 rings (SSSR count). The summed E-state index contributed by atoms with van der Waals surface area (Å²) in [5.41, 5.74) is -0.229. The number of hydrogen-bond acceptors (Lipinski definition) is 2. The van der Waals surface area contributed by atoms with Gasteiger partial charge in [0.25, 0.3) is 0 Å². The van der Waals surface area contributed by atoms with Gasteiger partial charge in [0.15, 0.2) is 0 Å². The summed E-state index contributed by atoms with van der Waals surface area (Å²) < 4.78 is 27.6. The van der Waals surface area contributed by atoms with Gasteiger partial charge in [0.1, 0.15) is 17.3 Å². The molecule has 94 valence electrons. The van der Waals surface area contributed by atoms with Gasteiger partial charge < -0.3 is 5.11 Å². The van der Waals surface area contributed by atoms with Gasteiger partial charge >= 0.3 is 5.97 Å². The lowest BCUT2D eigenvalue weighted by molar-refractivity contribution is 0.0690. The number of hydrogen-bond donors (Lipinski definition) is 2. The number of aromatic nitrogens is 2. The van der Waals surface area contributed by atoms with Crippen LogP contribution in [0, 0.1) is 11.6 Å². The first-order chi connectivity index (χ1) is 8.54. The molecular weight excluding hydrogens is 242 g/mol. The average molecular weight is 252 g/mol. The van der Waals surface area contributed by atoms with E-state index >= 15 is 0 Å². The standard InChI is InChI=1S/C12H10F2N2O2/c1-2-6-3-4-7(13)10(11(6)14)8-5-9(12(17)18)16-15-8/h3-5H,2H2,1H3,(H,15,16)(H,17,18). The smallest absolute Gasteiger partial charge is 0.353 e. The minimum Gasteiger partial charge on any atom is -0.477 e. The SMILES string of the molecule is CCc1ccc(F)c(-c2cc(C(=O)O)[nH]n2)c1F. The van der Waals surface area contributed by atoms with Gasteiger partial charge in [0.05, 0.1) is 11.3 Å². The highest BCUT2D eigenvalue weighted by atomic mass is 19.1. The van der Waals surface area contributed by atoms with Crippen molar-refractivity contribution in [3.63, 3.8) is 0 Å². The monoisotopic (exact) mass is 252 g/mol. The number of nitrogens with zero attached hydrogens (tertiary/aromatic N) is 1. The van der Waals surface area contributed by atoms with Crippen molar-refractivity contribution in [2.45, 2.75) is 13.3 Å². The van der Waals surface area contributed by atoms with Crippen molar-refractivity contribution in [2.24, 2.45) is 0 Å². The van der Waals surface area contributed by atoms with Crippen molar-refractivity contribution in [3.05, 3.63) is 41.1 Å². The van der Waals surface area contributed by atoms with Gasteiger partial charge in [-0.05, 0) is 24.1 Å². The molecule has 0 amide bonds. The minimum atomic E-state index is -1.23. The third-order valence-electron chi connectivity index (χ3n) is 2.62. The summed E-state index contributed by atoms with van der Waals surface area (Å²) in [6.45, 7) is 1.74. The number of aryl methyl sites for hydroxylation is 1. The molecule has 0 saturated heterocycles. The Morgan fingerprint density at radius 2 is 2.17 bits per heavy atom. The van der Waals surface area contributed by atoms with E-state index < -0.39 is 17.6 Å². The second-order valence-electron chi connectivity index (χ2n) is 3.72. The third-order valence-corrected chi connectivity index (χ3v) is 2.62. The Kier molecular flexibility index (Phi) is 3.10. The van der Waals surface area contributed by atoms with Crippen LogP contribution in [0.4, 0.5) is 8.78 Å². The van der Waals surface area contributed by atoms with E-state index in [0.29, 0.717) is 12.0 Å². The molecule has 0 atom stereocenters. The molecule has 0 fully saturated rings. The zero-order chi connectivity index (χ0) is 13.3. The topological polar surface area (TPSA) is 66.0 Å². The molecule has 1 aromatic heterocycles. The van der Waals surface area contributed by atoms with Gasteiger partial charge in [-0.3, -0.25) is 5.10 Å². The van der Waals surface area contributed by atoms with E-state index in [1.54, 1.807) is 6.92 Å². The lowest BCUT2D eigenvalue weighted by Crippen LogP contribution is -1.96. The summed E-state index contributed by atoms with van der Waals surface area (Å²) in [7, 11) is 0. The number of carboxylic acids is 1. The van der Waals surface area contributed by atoms with Crippen molar-refractivity contribution >= 4 is 5.97 Å². The fourth-order valence-electron chi connectivity index (χ4n) is 1.66. The van der Waals surface area contributed by atoms with Crippen molar-refractivity contribution in [2.75, 3.05) is 0 Å². The van der Waals surface area contributed by atoms with Crippen molar-refractivity contribution in [3.8, 4) is 11.3 Å². The van der Waals surface area contributed by atoms with Gasteiger partial charge in [-0.15, -0.1) is 0 Å². The number of carboxylic acid groups (broad SMARTS) is 1. The zero-order valence-corrected chi connectivity index (χ0v) is 9.50. The molecule has 0 aliphatic rings. The van der Waals surface area contributed by atoms with Crippen LogP contribution in [0.2, 0.25) is 0 Å². The molecular formula is C12H10F2N2O2. The largest absolute Gasteiger partial charge is 0.477 e. The Morgan fingerprint density at radius 3 is 2.72 bits per heavy atom. The molecule has 0 unspecified atom stereocenters. The van der Waals surface area contributed by atoms with Crippen LogP contribution in [0.5, 0.6) is 0 Å². The van der Waals surface area contributed by atoms with E-state index in [2.05, 4.69) is 10.2 Å². The van der Waals surface area contributed by atoms with E-state index in [4.69, 9.17) is 5.11 Å². The fraction of sp³-hybridized carbons (Fsp3) is 0.167. The van der Waals surface area contributed by atoms with Gasteiger partial charge in [-0.1, -0.05) is 13.0 Å². The second kappa shape index (κ2) is 4.56. The van der Waals surface area contributed by atoms with E-state index in [0.717, 1.165) is 12.1 Å². The molecule has 1 aromatic carbocycles. The van der Waals surface area contributed by atoms with Crippen LogP contribution in [0.15, 0.2) is 18.2 Å². The molecule has 2 N–H and O–H groups in total. The van der Waals surface area contributed by atoms with Gasteiger partial charge in [-0.2, -0.15) is 5.10 Å². The van der Waals surface area contributed by atoms with Crippen molar-refractivity contribution < 1.29 is 18.7 Å². The lowest BCUT2D eigenvalue weighted by atomic mass is 10.0. The lowest BCUT2D eigenvalue weighted by Gasteiger charge is -2.05. The first kappa shape index (κ1) is 12.2. The third kappa shape index (κ3) is 1.97. The Balaban J connectivity index is 2.58. The Labute approximate surface area is 101 Å². The van der Waals surface area contributed by atoms with E-state index in [1.807, 2.05) is 0 Å². The number of aromatic carboxylic acids is 1. The number of halogens is 2. The molecule has 0 spiro atoms. The maximum Gasteiger partial charge on any atom is 0.353 e. The molecule has 1 heterocycles. The summed E-state index contributed by atoms with van der Waals surface area (Å²) in [6.07, 6.45) is 0.412. The van der Waals surface area contributed by atoms with E-state index in [-0.39, 0.29) is 17.0 Å². The fourth-order valence-corrected chi connectivity index (χ4v) is 1.66. The number of nitrogens with one attached hydrogen (secondary N) is 1. The number of H-pyrrole nitrogens is 1. The quantitative estimate of drug-likeness (QED) is 0.882. The Bertz CT molecular complexity index is 608. The predicted octanol–water partition coefficient (Wildman–Crippen LogP) is 2.62. The van der Waals surface area contributed by atoms with E-state index in [9.17, 15) is 13.6 Å². The molecule has 0 saturated carbocycles. The average Bonchev–Trinajstić information content (AvgIpc) is 2.79. The zero-order valence-electron chi connectivity index (χ0n) is 9.50. The molecule has 18 heavy (non-hydrogen) atoms. The normalized spacial score (nSPS) is 10.6. The molecule has 2 aromatic rings. The summed E-state index contributed by atoms with van der Waals surface area (Å²) in [5.74, 6) is -2.71. The van der Waals surface area contributed by atoms with Crippen LogP contribution in [0.1, 0.15) is 23.0 Å². The van der Waals surface area contributed by atoms with Crippen LogP contribution in [0.25, 0.3) is 11.3 Å². The number of carbonyl (C=O) groups is 1. The highest BCUT2D eigenvalue weighted by Gasteiger charge is 2.18. The summed E-state index contributed by atoms with van der Waals surface area (Å²) in [5, 5.41) is 14.6. The molecule has 0 aliphatic heterocycles. The Hall–Kier alpha value is -2.24. The molecule has 6 heteroatoms. The minimum absolute atomic E-state index is 0.0577.